The summed E-state index contributed by atoms with van der Waals surface area (Å²) < 4.78 is 0. The molecule has 1 atom stereocenters. The van der Waals surface area contributed by atoms with Gasteiger partial charge in [-0.1, -0.05) is 38.1 Å². The van der Waals surface area contributed by atoms with E-state index in [1.54, 1.807) is 5.01 Å². The number of nitrogens with one attached hydrogen (secondary N) is 1. The molecular weight excluding hydrogens is 216 g/mol. The maximum absolute atomic E-state index is 9.66. The van der Waals surface area contributed by atoms with Crippen LogP contribution in [0.2, 0.25) is 0 Å². The van der Waals surface area contributed by atoms with Crippen LogP contribution < -0.4 is 10.5 Å². The summed E-state index contributed by atoms with van der Waals surface area (Å²) >= 11 is 0. The summed E-state index contributed by atoms with van der Waals surface area (Å²) in [5, 5.41) is 18.4. The maximum Gasteiger partial charge on any atom is 0.265 e. The van der Waals surface area contributed by atoms with Gasteiger partial charge in [0.15, 0.2) is 0 Å². The van der Waals surface area contributed by atoms with Gasteiger partial charge in [0.05, 0.1) is 5.69 Å². The molecule has 0 aromatic heterocycles. The number of hydrazine groups is 1. The molecule has 0 spiro atoms. The Morgan fingerprint density at radius 1 is 1.35 bits per heavy atom. The zero-order chi connectivity index (χ0) is 12.6. The zero-order valence-electron chi connectivity index (χ0n) is 10.6. The molecular formula is C12H18N4O. The van der Waals surface area contributed by atoms with Gasteiger partial charge in [-0.3, -0.25) is 0 Å². The van der Waals surface area contributed by atoms with Gasteiger partial charge in [-0.2, -0.15) is 5.53 Å². The van der Waals surface area contributed by atoms with E-state index < -0.39 is 6.35 Å². The lowest BCUT2D eigenvalue weighted by molar-refractivity contribution is 0.183. The molecule has 0 amide bonds. The van der Waals surface area contributed by atoms with Gasteiger partial charge < -0.3 is 5.11 Å². The topological polar surface area (TPSA) is 60.2 Å². The van der Waals surface area contributed by atoms with Crippen LogP contribution >= 0.6 is 0 Å². The van der Waals surface area contributed by atoms with Crippen molar-refractivity contribution < 1.29 is 5.11 Å². The fourth-order valence-corrected chi connectivity index (χ4v) is 1.74. The lowest BCUT2D eigenvalue weighted by Crippen LogP contribution is -2.37. The van der Waals surface area contributed by atoms with Gasteiger partial charge in [0, 0.05) is 0 Å². The van der Waals surface area contributed by atoms with Gasteiger partial charge in [-0.25, -0.2) is 5.01 Å². The minimum atomic E-state index is -0.955. The van der Waals surface area contributed by atoms with Crippen LogP contribution in [0.25, 0.3) is 0 Å². The van der Waals surface area contributed by atoms with E-state index in [1.165, 1.54) is 5.56 Å². The summed E-state index contributed by atoms with van der Waals surface area (Å²) in [6, 6.07) is 6.21. The van der Waals surface area contributed by atoms with E-state index in [9.17, 15) is 5.11 Å². The predicted octanol–water partition coefficient (Wildman–Crippen LogP) is 2.26. The van der Waals surface area contributed by atoms with Crippen molar-refractivity contribution in [1.82, 2.24) is 5.53 Å². The molecule has 0 radical (unpaired) electrons. The first kappa shape index (κ1) is 11.9. The Hall–Kier alpha value is -1.62. The van der Waals surface area contributed by atoms with E-state index in [2.05, 4.69) is 48.8 Å². The molecule has 1 aromatic rings. The summed E-state index contributed by atoms with van der Waals surface area (Å²) in [5.74, 6) is 0. The van der Waals surface area contributed by atoms with E-state index in [0.717, 1.165) is 11.3 Å². The first-order chi connectivity index (χ1) is 7.89. The Morgan fingerprint density at radius 3 is 2.59 bits per heavy atom. The summed E-state index contributed by atoms with van der Waals surface area (Å²) in [7, 11) is 0. The monoisotopic (exact) mass is 234 g/mol. The zero-order valence-corrected chi connectivity index (χ0v) is 10.6. The van der Waals surface area contributed by atoms with Gasteiger partial charge in [0.1, 0.15) is 0 Å². The molecule has 0 saturated carbocycles. The second-order valence-corrected chi connectivity index (χ2v) is 5.28. The van der Waals surface area contributed by atoms with Gasteiger partial charge in [0.2, 0.25) is 0 Å². The lowest BCUT2D eigenvalue weighted by atomic mass is 9.86. The molecule has 2 N–H and O–H groups in total. The molecule has 1 aliphatic heterocycles. The van der Waals surface area contributed by atoms with Crippen molar-refractivity contribution in [2.75, 3.05) is 5.01 Å². The maximum atomic E-state index is 9.66. The van der Waals surface area contributed by atoms with Crippen molar-refractivity contribution >= 4 is 5.69 Å². The van der Waals surface area contributed by atoms with Crippen LogP contribution in [-0.4, -0.2) is 11.5 Å². The van der Waals surface area contributed by atoms with Crippen molar-refractivity contribution in [3.05, 3.63) is 29.3 Å². The van der Waals surface area contributed by atoms with Crippen molar-refractivity contribution in [2.24, 2.45) is 10.3 Å². The first-order valence-corrected chi connectivity index (χ1v) is 5.63. The molecule has 2 rings (SSSR count). The standard InChI is InChI=1S/C12H18N4O/c1-8-5-6-9(12(2,3)4)7-10(8)16-11(17)13-14-15-16/h5-7,11,17H,1-4H3,(H,13,15). The number of hydrogen-bond acceptors (Lipinski definition) is 5. The van der Waals surface area contributed by atoms with Crippen LogP contribution in [0.5, 0.6) is 0 Å². The molecule has 0 aliphatic carbocycles. The molecule has 1 aromatic carbocycles. The minimum Gasteiger partial charge on any atom is -0.352 e. The van der Waals surface area contributed by atoms with Crippen LogP contribution in [0.1, 0.15) is 31.9 Å². The highest BCUT2D eigenvalue weighted by molar-refractivity contribution is 5.55. The number of nitrogens with zero attached hydrogens (tertiary/aromatic N) is 3. The predicted molar refractivity (Wildman–Crippen MR) is 66.4 cm³/mol. The minimum absolute atomic E-state index is 0.0708. The largest absolute Gasteiger partial charge is 0.352 e. The van der Waals surface area contributed by atoms with Gasteiger partial charge >= 0.3 is 0 Å². The summed E-state index contributed by atoms with van der Waals surface area (Å²) in [6.07, 6.45) is -0.955. The molecule has 0 saturated heterocycles. The van der Waals surface area contributed by atoms with E-state index in [1.807, 2.05) is 13.0 Å². The quantitative estimate of drug-likeness (QED) is 0.783. The van der Waals surface area contributed by atoms with Crippen LogP contribution in [0.4, 0.5) is 5.69 Å². The number of hydrogen-bond donors (Lipinski definition) is 2. The highest BCUT2D eigenvalue weighted by atomic mass is 16.3. The highest BCUT2D eigenvalue weighted by Crippen LogP contribution is 2.29. The Bertz CT molecular complexity index is 450. The van der Waals surface area contributed by atoms with Gasteiger partial charge in [-0.15, -0.1) is 5.11 Å². The number of aliphatic hydroxyl groups is 1. The molecule has 1 aliphatic rings. The van der Waals surface area contributed by atoms with Crippen LogP contribution in [0, 0.1) is 6.92 Å². The fraction of sp³-hybridized carbons (Fsp3) is 0.500. The fourth-order valence-electron chi connectivity index (χ4n) is 1.74. The van der Waals surface area contributed by atoms with Crippen LogP contribution in [-0.2, 0) is 5.41 Å². The molecule has 5 heteroatoms. The molecule has 0 fully saturated rings. The van der Waals surface area contributed by atoms with Gasteiger partial charge in [0.25, 0.3) is 6.35 Å². The van der Waals surface area contributed by atoms with E-state index in [4.69, 9.17) is 0 Å². The van der Waals surface area contributed by atoms with E-state index in [0.29, 0.717) is 0 Å². The number of anilines is 1. The van der Waals surface area contributed by atoms with Gasteiger partial charge in [-0.05, 0) is 29.5 Å². The molecule has 1 heterocycles. The third-order valence-electron chi connectivity index (χ3n) is 2.88. The average Bonchev–Trinajstić information content (AvgIpc) is 2.63. The van der Waals surface area contributed by atoms with Crippen LogP contribution in [0.3, 0.4) is 0 Å². The number of rotatable bonds is 1. The van der Waals surface area contributed by atoms with Crippen molar-refractivity contribution in [3.8, 4) is 0 Å². The average molecular weight is 234 g/mol. The molecule has 92 valence electrons. The number of aliphatic hydroxyl groups excluding tert-OH is 1. The third-order valence-corrected chi connectivity index (χ3v) is 2.88. The Labute approximate surface area is 101 Å². The highest BCUT2D eigenvalue weighted by Gasteiger charge is 2.23. The second-order valence-electron chi connectivity index (χ2n) is 5.28. The molecule has 17 heavy (non-hydrogen) atoms. The SMILES string of the molecule is Cc1ccc(C(C)(C)C)cc1N1NN=NC1O. The van der Waals surface area contributed by atoms with Crippen LogP contribution in [0.15, 0.2) is 28.5 Å². The van der Waals surface area contributed by atoms with Crippen molar-refractivity contribution in [1.29, 1.82) is 0 Å². The first-order valence-electron chi connectivity index (χ1n) is 5.63. The Morgan fingerprint density at radius 2 is 2.06 bits per heavy atom. The Balaban J connectivity index is 2.40. The third kappa shape index (κ3) is 2.24. The summed E-state index contributed by atoms with van der Waals surface area (Å²) in [4.78, 5) is 0. The van der Waals surface area contributed by atoms with E-state index in [-0.39, 0.29) is 5.41 Å². The Kier molecular flexibility index (Phi) is 2.79. The molecule has 5 nitrogen and oxygen atoms in total. The smallest absolute Gasteiger partial charge is 0.265 e. The molecule has 1 unspecified atom stereocenters. The second kappa shape index (κ2) is 4.00. The number of benzene rings is 1. The van der Waals surface area contributed by atoms with E-state index >= 15 is 0 Å². The summed E-state index contributed by atoms with van der Waals surface area (Å²) in [6.45, 7) is 8.46. The lowest BCUT2D eigenvalue weighted by Gasteiger charge is -2.25. The molecule has 0 bridgehead atoms. The van der Waals surface area contributed by atoms with Crippen molar-refractivity contribution in [3.63, 3.8) is 0 Å². The number of aryl methyl sites for hydroxylation is 1. The van der Waals surface area contributed by atoms with Crippen molar-refractivity contribution in [2.45, 2.75) is 39.5 Å². The summed E-state index contributed by atoms with van der Waals surface area (Å²) in [5.41, 5.74) is 5.93. The normalized spacial score (nSPS) is 19.6.